The smallest absolute Gasteiger partial charge is 0.333 e. The Hall–Kier alpha value is -1.13. The zero-order chi connectivity index (χ0) is 17.7. The van der Waals surface area contributed by atoms with E-state index in [2.05, 4.69) is 27.4 Å². The number of ether oxygens (including phenoxy) is 1. The van der Waals surface area contributed by atoms with Crippen molar-refractivity contribution in [3.8, 4) is 0 Å². The largest absolute Gasteiger partial charge is 0.429 e. The van der Waals surface area contributed by atoms with Gasteiger partial charge in [-0.15, -0.1) is 0 Å². The summed E-state index contributed by atoms with van der Waals surface area (Å²) < 4.78 is 4.72. The minimum Gasteiger partial charge on any atom is -0.429 e. The topological polar surface area (TPSA) is 66.8 Å². The van der Waals surface area contributed by atoms with Crippen molar-refractivity contribution in [2.75, 3.05) is 0 Å². The highest BCUT2D eigenvalue weighted by atomic mass is 16.6. The molecule has 24 heavy (non-hydrogen) atoms. The predicted molar refractivity (Wildman–Crippen MR) is 91.9 cm³/mol. The molecule has 0 aromatic carbocycles. The van der Waals surface area contributed by atoms with Crippen molar-refractivity contribution in [1.29, 1.82) is 0 Å². The van der Waals surface area contributed by atoms with Gasteiger partial charge in [-0.1, -0.05) is 39.3 Å². The number of fused-ring (bicyclic) bond motifs is 1. The van der Waals surface area contributed by atoms with Crippen molar-refractivity contribution >= 4 is 5.97 Å². The lowest BCUT2D eigenvalue weighted by atomic mass is 9.47. The first-order valence-corrected chi connectivity index (χ1v) is 9.11. The van der Waals surface area contributed by atoms with E-state index in [1.807, 2.05) is 0 Å². The summed E-state index contributed by atoms with van der Waals surface area (Å²) in [5.74, 6) is 0.235. The fourth-order valence-electron chi connectivity index (χ4n) is 5.75. The molecule has 0 amide bonds. The van der Waals surface area contributed by atoms with Gasteiger partial charge in [-0.3, -0.25) is 0 Å². The van der Waals surface area contributed by atoms with Crippen LogP contribution in [0.2, 0.25) is 0 Å². The first-order valence-electron chi connectivity index (χ1n) is 9.11. The van der Waals surface area contributed by atoms with E-state index in [-0.39, 0.29) is 16.9 Å². The molecule has 2 N–H and O–H groups in total. The van der Waals surface area contributed by atoms with Gasteiger partial charge in [0.15, 0.2) is 0 Å². The maximum atomic E-state index is 11.3. The van der Waals surface area contributed by atoms with Gasteiger partial charge in [-0.05, 0) is 54.8 Å². The summed E-state index contributed by atoms with van der Waals surface area (Å²) in [4.78, 5) is 11.3. The van der Waals surface area contributed by atoms with Gasteiger partial charge in [0.05, 0.1) is 6.10 Å². The van der Waals surface area contributed by atoms with Gasteiger partial charge in [0.25, 0.3) is 0 Å². The molecule has 2 aliphatic carbocycles. The lowest BCUT2D eigenvalue weighted by Gasteiger charge is -2.58. The monoisotopic (exact) mass is 334 g/mol. The van der Waals surface area contributed by atoms with Crippen LogP contribution < -0.4 is 0 Å². The molecular weight excluding hydrogens is 304 g/mol. The molecule has 0 spiro atoms. The normalized spacial score (nSPS) is 39.9. The van der Waals surface area contributed by atoms with E-state index in [0.717, 1.165) is 12.8 Å². The second-order valence-electron chi connectivity index (χ2n) is 8.84. The Morgan fingerprint density at radius 2 is 2.08 bits per heavy atom. The van der Waals surface area contributed by atoms with Crippen molar-refractivity contribution in [3.63, 3.8) is 0 Å². The third kappa shape index (κ3) is 2.84. The highest BCUT2D eigenvalue weighted by Crippen LogP contribution is 2.61. The maximum absolute atomic E-state index is 11.3. The summed E-state index contributed by atoms with van der Waals surface area (Å²) in [6.07, 6.45) is 5.32. The number of esters is 1. The average Bonchev–Trinajstić information content (AvgIpc) is 2.80. The number of hydrogen-bond donors (Lipinski definition) is 2. The molecule has 0 radical (unpaired) electrons. The van der Waals surface area contributed by atoms with Gasteiger partial charge < -0.3 is 14.9 Å². The number of carbonyl (C=O) groups is 1. The molecule has 2 saturated carbocycles. The van der Waals surface area contributed by atoms with Crippen LogP contribution in [0.5, 0.6) is 0 Å². The number of aliphatic hydroxyl groups excluding tert-OH is 2. The minimum atomic E-state index is -1.31. The van der Waals surface area contributed by atoms with E-state index in [0.29, 0.717) is 17.8 Å². The lowest BCUT2D eigenvalue weighted by molar-refractivity contribution is -0.152. The first-order chi connectivity index (χ1) is 11.1. The van der Waals surface area contributed by atoms with Crippen molar-refractivity contribution in [1.82, 2.24) is 0 Å². The van der Waals surface area contributed by atoms with Crippen molar-refractivity contribution in [2.45, 2.75) is 71.7 Å². The van der Waals surface area contributed by atoms with Crippen molar-refractivity contribution < 1.29 is 19.7 Å². The van der Waals surface area contributed by atoms with Gasteiger partial charge in [0.1, 0.15) is 0 Å². The third-order valence-corrected chi connectivity index (χ3v) is 6.96. The van der Waals surface area contributed by atoms with Crippen LogP contribution in [0.25, 0.3) is 0 Å². The SMILES string of the molecule is C=C1CC[C@H]2C(C)(C)CCC[C@]2(C)[C@H]1C[C@H](O)C1=CC(=O)OC1O. The van der Waals surface area contributed by atoms with E-state index < -0.39 is 18.4 Å². The summed E-state index contributed by atoms with van der Waals surface area (Å²) in [7, 11) is 0. The summed E-state index contributed by atoms with van der Waals surface area (Å²) in [5.41, 5.74) is 1.91. The number of rotatable bonds is 3. The molecule has 1 aliphatic heterocycles. The Balaban J connectivity index is 1.84. The van der Waals surface area contributed by atoms with Gasteiger partial charge in [-0.25, -0.2) is 4.79 Å². The standard InChI is InChI=1S/C20H30O4/c1-12-6-7-16-19(2,3)8-5-9-20(16,4)14(12)11-15(21)13-10-17(22)24-18(13)23/h10,14-16,18,21,23H,1,5-9,11H2,2-4H3/t14-,15-,16-,18?,20+/m0/s1. The number of allylic oxidation sites excluding steroid dienone is 1. The molecular formula is C20H30O4. The molecule has 4 nitrogen and oxygen atoms in total. The predicted octanol–water partition coefficient (Wildman–Crippen LogP) is 3.34. The van der Waals surface area contributed by atoms with Gasteiger partial charge in [0, 0.05) is 11.6 Å². The Labute approximate surface area is 144 Å². The molecule has 4 heteroatoms. The molecule has 134 valence electrons. The third-order valence-electron chi connectivity index (χ3n) is 6.96. The second-order valence-corrected chi connectivity index (χ2v) is 8.84. The lowest BCUT2D eigenvalue weighted by Crippen LogP contribution is -2.50. The molecule has 0 aromatic rings. The molecule has 5 atom stereocenters. The van der Waals surface area contributed by atoms with Crippen LogP contribution in [0.1, 0.15) is 59.3 Å². The van der Waals surface area contributed by atoms with Crippen LogP contribution in [0.15, 0.2) is 23.8 Å². The minimum absolute atomic E-state index is 0.118. The first kappa shape index (κ1) is 17.7. The van der Waals surface area contributed by atoms with E-state index in [9.17, 15) is 15.0 Å². The van der Waals surface area contributed by atoms with Gasteiger partial charge in [0.2, 0.25) is 6.29 Å². The van der Waals surface area contributed by atoms with Gasteiger partial charge in [-0.2, -0.15) is 0 Å². The molecule has 0 saturated heterocycles. The number of cyclic esters (lactones) is 1. The number of hydrogen-bond acceptors (Lipinski definition) is 4. The second kappa shape index (κ2) is 5.99. The summed E-state index contributed by atoms with van der Waals surface area (Å²) >= 11 is 0. The maximum Gasteiger partial charge on any atom is 0.333 e. The van der Waals surface area contributed by atoms with Crippen molar-refractivity contribution in [2.24, 2.45) is 22.7 Å². The number of carbonyl (C=O) groups excluding carboxylic acids is 1. The summed E-state index contributed by atoms with van der Waals surface area (Å²) in [6, 6.07) is 0. The van der Waals surface area contributed by atoms with E-state index in [1.165, 1.54) is 30.9 Å². The van der Waals surface area contributed by atoms with Crippen LogP contribution in [0.3, 0.4) is 0 Å². The van der Waals surface area contributed by atoms with Crippen LogP contribution in [0.4, 0.5) is 0 Å². The quantitative estimate of drug-likeness (QED) is 0.614. The summed E-state index contributed by atoms with van der Waals surface area (Å²) in [6.45, 7) is 11.4. The van der Waals surface area contributed by atoms with E-state index in [1.54, 1.807) is 0 Å². The van der Waals surface area contributed by atoms with Crippen LogP contribution >= 0.6 is 0 Å². The summed E-state index contributed by atoms with van der Waals surface area (Å²) in [5, 5.41) is 20.5. The Morgan fingerprint density at radius 3 is 2.71 bits per heavy atom. The van der Waals surface area contributed by atoms with E-state index in [4.69, 9.17) is 4.74 Å². The molecule has 0 bridgehead atoms. The Morgan fingerprint density at radius 1 is 1.38 bits per heavy atom. The molecule has 3 aliphatic rings. The Kier molecular flexibility index (Phi) is 4.42. The van der Waals surface area contributed by atoms with Gasteiger partial charge >= 0.3 is 5.97 Å². The highest BCUT2D eigenvalue weighted by Gasteiger charge is 2.53. The van der Waals surface area contributed by atoms with Crippen LogP contribution in [-0.2, 0) is 9.53 Å². The molecule has 2 fully saturated rings. The fraction of sp³-hybridized carbons (Fsp3) is 0.750. The Bertz CT molecular complexity index is 576. The van der Waals surface area contributed by atoms with Crippen LogP contribution in [-0.4, -0.2) is 28.6 Å². The number of aliphatic hydroxyl groups is 2. The van der Waals surface area contributed by atoms with Crippen LogP contribution in [0, 0.1) is 22.7 Å². The zero-order valence-corrected chi connectivity index (χ0v) is 15.0. The highest BCUT2D eigenvalue weighted by molar-refractivity contribution is 5.85. The fourth-order valence-corrected chi connectivity index (χ4v) is 5.75. The van der Waals surface area contributed by atoms with Crippen molar-refractivity contribution in [3.05, 3.63) is 23.8 Å². The van der Waals surface area contributed by atoms with E-state index >= 15 is 0 Å². The molecule has 1 unspecified atom stereocenters. The molecule has 0 aromatic heterocycles. The average molecular weight is 334 g/mol. The zero-order valence-electron chi connectivity index (χ0n) is 15.0. The molecule has 3 rings (SSSR count). The molecule has 1 heterocycles.